The Hall–Kier alpha value is -1.59. The second kappa shape index (κ2) is 7.11. The van der Waals surface area contributed by atoms with Gasteiger partial charge in [0.15, 0.2) is 0 Å². The van der Waals surface area contributed by atoms with E-state index in [1.54, 1.807) is 4.90 Å². The molecular weight excluding hydrogens is 248 g/mol. The van der Waals surface area contributed by atoms with E-state index in [0.29, 0.717) is 19.3 Å². The first-order chi connectivity index (χ1) is 8.95. The number of piperidine rings is 1. The second-order valence-corrected chi connectivity index (χ2v) is 5.03. The number of hydrogen-bond acceptors (Lipinski definition) is 3. The molecule has 0 spiro atoms. The lowest BCUT2D eigenvalue weighted by Gasteiger charge is -2.36. The Labute approximate surface area is 113 Å². The molecule has 0 saturated carbocycles. The number of carboxylic acid groups (broad SMARTS) is 1. The third kappa shape index (κ3) is 4.54. The van der Waals surface area contributed by atoms with Gasteiger partial charge in [0.1, 0.15) is 0 Å². The Morgan fingerprint density at radius 2 is 2.00 bits per heavy atom. The van der Waals surface area contributed by atoms with E-state index in [-0.39, 0.29) is 30.9 Å². The molecule has 0 radical (unpaired) electrons. The van der Waals surface area contributed by atoms with E-state index in [1.807, 2.05) is 13.8 Å². The van der Waals surface area contributed by atoms with Gasteiger partial charge in [-0.05, 0) is 26.2 Å². The molecular formula is C13H22N2O4. The Balaban J connectivity index is 2.49. The summed E-state index contributed by atoms with van der Waals surface area (Å²) in [4.78, 5) is 35.8. The van der Waals surface area contributed by atoms with Crippen LogP contribution in [0.1, 0.15) is 39.5 Å². The highest BCUT2D eigenvalue weighted by Gasteiger charge is 2.32. The molecule has 1 saturated heterocycles. The predicted octanol–water partition coefficient (Wildman–Crippen LogP) is 0.614. The van der Waals surface area contributed by atoms with Crippen molar-refractivity contribution in [3.05, 3.63) is 0 Å². The van der Waals surface area contributed by atoms with E-state index in [2.05, 4.69) is 5.32 Å². The van der Waals surface area contributed by atoms with Crippen molar-refractivity contribution in [2.45, 2.75) is 45.6 Å². The lowest BCUT2D eigenvalue weighted by molar-refractivity contribution is -0.147. The summed E-state index contributed by atoms with van der Waals surface area (Å²) in [7, 11) is 0. The summed E-state index contributed by atoms with van der Waals surface area (Å²) in [5.41, 5.74) is 0. The van der Waals surface area contributed by atoms with E-state index in [4.69, 9.17) is 5.11 Å². The van der Waals surface area contributed by atoms with Crippen molar-refractivity contribution in [1.82, 2.24) is 10.2 Å². The Bertz CT molecular complexity index is 357. The number of rotatable bonds is 5. The largest absolute Gasteiger partial charge is 0.481 e. The van der Waals surface area contributed by atoms with Crippen molar-refractivity contribution < 1.29 is 19.5 Å². The van der Waals surface area contributed by atoms with Crippen molar-refractivity contribution in [3.63, 3.8) is 0 Å². The topological polar surface area (TPSA) is 86.7 Å². The fourth-order valence-electron chi connectivity index (χ4n) is 2.25. The monoisotopic (exact) mass is 270 g/mol. The Morgan fingerprint density at radius 3 is 2.58 bits per heavy atom. The third-order valence-corrected chi connectivity index (χ3v) is 3.47. The standard InChI is InChI=1S/C13H22N2O4/c1-3-4-11(16)14-7-12(17)15-8-10(13(18)19)6-5-9(15)2/h9-10H,3-8H2,1-2H3,(H,14,16)(H,18,19). The van der Waals surface area contributed by atoms with Gasteiger partial charge in [0.25, 0.3) is 0 Å². The third-order valence-electron chi connectivity index (χ3n) is 3.47. The van der Waals surface area contributed by atoms with Crippen LogP contribution in [0.2, 0.25) is 0 Å². The summed E-state index contributed by atoms with van der Waals surface area (Å²) in [5.74, 6) is -1.70. The highest BCUT2D eigenvalue weighted by atomic mass is 16.4. The van der Waals surface area contributed by atoms with Crippen LogP contribution in [0.25, 0.3) is 0 Å². The SMILES string of the molecule is CCCC(=O)NCC(=O)N1CC(C(=O)O)CCC1C. The second-order valence-electron chi connectivity index (χ2n) is 5.03. The van der Waals surface area contributed by atoms with Gasteiger partial charge in [0.05, 0.1) is 12.5 Å². The molecule has 108 valence electrons. The number of likely N-dealkylation sites (tertiary alicyclic amines) is 1. The average molecular weight is 270 g/mol. The molecule has 0 bridgehead atoms. The van der Waals surface area contributed by atoms with Crippen LogP contribution >= 0.6 is 0 Å². The summed E-state index contributed by atoms with van der Waals surface area (Å²) >= 11 is 0. The van der Waals surface area contributed by atoms with Gasteiger partial charge in [0.2, 0.25) is 11.8 Å². The van der Waals surface area contributed by atoms with Gasteiger partial charge in [-0.3, -0.25) is 14.4 Å². The van der Waals surface area contributed by atoms with E-state index < -0.39 is 11.9 Å². The van der Waals surface area contributed by atoms with Crippen LogP contribution in [-0.2, 0) is 14.4 Å². The molecule has 2 unspecified atom stereocenters. The highest BCUT2D eigenvalue weighted by Crippen LogP contribution is 2.21. The van der Waals surface area contributed by atoms with Crippen LogP contribution in [0.3, 0.4) is 0 Å². The maximum atomic E-state index is 12.0. The maximum absolute atomic E-state index is 12.0. The number of carbonyl (C=O) groups is 3. The Morgan fingerprint density at radius 1 is 1.32 bits per heavy atom. The molecule has 2 N–H and O–H groups in total. The molecule has 19 heavy (non-hydrogen) atoms. The minimum Gasteiger partial charge on any atom is -0.481 e. The van der Waals surface area contributed by atoms with Gasteiger partial charge in [-0.1, -0.05) is 6.92 Å². The Kier molecular flexibility index (Phi) is 5.79. The minimum atomic E-state index is -0.861. The molecule has 1 aliphatic rings. The van der Waals surface area contributed by atoms with Crippen LogP contribution in [0.15, 0.2) is 0 Å². The first-order valence-corrected chi connectivity index (χ1v) is 6.74. The molecule has 1 rings (SSSR count). The van der Waals surface area contributed by atoms with Crippen molar-refractivity contribution in [2.75, 3.05) is 13.1 Å². The highest BCUT2D eigenvalue weighted by molar-refractivity contribution is 5.85. The fourth-order valence-corrected chi connectivity index (χ4v) is 2.25. The zero-order chi connectivity index (χ0) is 14.4. The number of amides is 2. The van der Waals surface area contributed by atoms with Gasteiger partial charge in [-0.2, -0.15) is 0 Å². The summed E-state index contributed by atoms with van der Waals surface area (Å²) in [6.45, 7) is 3.99. The van der Waals surface area contributed by atoms with Crippen LogP contribution in [-0.4, -0.2) is 46.9 Å². The summed E-state index contributed by atoms with van der Waals surface area (Å²) in [6, 6.07) is 0.0335. The summed E-state index contributed by atoms with van der Waals surface area (Å²) in [5, 5.41) is 11.6. The first-order valence-electron chi connectivity index (χ1n) is 6.74. The van der Waals surface area contributed by atoms with Gasteiger partial charge in [0, 0.05) is 19.0 Å². The molecule has 0 aliphatic carbocycles. The number of nitrogens with one attached hydrogen (secondary N) is 1. The number of hydrogen-bond donors (Lipinski definition) is 2. The molecule has 6 heteroatoms. The maximum Gasteiger partial charge on any atom is 0.308 e. The molecule has 1 heterocycles. The van der Waals surface area contributed by atoms with Crippen molar-refractivity contribution in [2.24, 2.45) is 5.92 Å². The van der Waals surface area contributed by atoms with Gasteiger partial charge >= 0.3 is 5.97 Å². The van der Waals surface area contributed by atoms with Crippen LogP contribution in [0.5, 0.6) is 0 Å². The van der Waals surface area contributed by atoms with Crippen molar-refractivity contribution in [1.29, 1.82) is 0 Å². The van der Waals surface area contributed by atoms with Crippen LogP contribution in [0.4, 0.5) is 0 Å². The molecule has 0 aromatic rings. The van der Waals surface area contributed by atoms with Gasteiger partial charge in [-0.15, -0.1) is 0 Å². The quantitative estimate of drug-likeness (QED) is 0.766. The van der Waals surface area contributed by atoms with Crippen molar-refractivity contribution >= 4 is 17.8 Å². The molecule has 2 atom stereocenters. The van der Waals surface area contributed by atoms with Gasteiger partial charge in [-0.25, -0.2) is 0 Å². The number of carboxylic acids is 1. The minimum absolute atomic E-state index is 0.0335. The van der Waals surface area contributed by atoms with Crippen molar-refractivity contribution in [3.8, 4) is 0 Å². The smallest absolute Gasteiger partial charge is 0.308 e. The molecule has 1 fully saturated rings. The average Bonchev–Trinajstić information content (AvgIpc) is 2.36. The normalized spacial score (nSPS) is 22.9. The zero-order valence-electron chi connectivity index (χ0n) is 11.5. The molecule has 0 aromatic heterocycles. The van der Waals surface area contributed by atoms with E-state index >= 15 is 0 Å². The predicted molar refractivity (Wildman–Crippen MR) is 69.5 cm³/mol. The molecule has 1 aliphatic heterocycles. The molecule has 0 aromatic carbocycles. The molecule has 2 amide bonds. The number of aliphatic carboxylic acids is 1. The zero-order valence-corrected chi connectivity index (χ0v) is 11.5. The fraction of sp³-hybridized carbons (Fsp3) is 0.769. The van der Waals surface area contributed by atoms with E-state index in [0.717, 1.165) is 6.42 Å². The van der Waals surface area contributed by atoms with Crippen LogP contribution in [0, 0.1) is 5.92 Å². The number of carbonyl (C=O) groups excluding carboxylic acids is 2. The summed E-state index contributed by atoms with van der Waals surface area (Å²) in [6.07, 6.45) is 2.43. The van der Waals surface area contributed by atoms with Gasteiger partial charge < -0.3 is 15.3 Å². The first kappa shape index (κ1) is 15.5. The lowest BCUT2D eigenvalue weighted by atomic mass is 9.93. The summed E-state index contributed by atoms with van der Waals surface area (Å²) < 4.78 is 0. The van der Waals surface area contributed by atoms with E-state index in [1.165, 1.54) is 0 Å². The number of nitrogens with zero attached hydrogens (tertiary/aromatic N) is 1. The van der Waals surface area contributed by atoms with Crippen LogP contribution < -0.4 is 5.32 Å². The molecule has 6 nitrogen and oxygen atoms in total. The van der Waals surface area contributed by atoms with E-state index in [9.17, 15) is 14.4 Å². The lowest BCUT2D eigenvalue weighted by Crippen LogP contribution is -2.50.